The molecule has 1 aliphatic heterocycles. The van der Waals surface area contributed by atoms with Crippen molar-refractivity contribution < 1.29 is 14.3 Å². The van der Waals surface area contributed by atoms with Crippen molar-refractivity contribution in [3.8, 4) is 5.75 Å². The average Bonchev–Trinajstić information content (AvgIpc) is 2.98. The Morgan fingerprint density at radius 3 is 2.81 bits per heavy atom. The van der Waals surface area contributed by atoms with E-state index >= 15 is 0 Å². The molecule has 1 fully saturated rings. The molecule has 0 spiro atoms. The van der Waals surface area contributed by atoms with Crippen LogP contribution in [0.25, 0.3) is 0 Å². The van der Waals surface area contributed by atoms with Gasteiger partial charge in [-0.15, -0.1) is 0 Å². The van der Waals surface area contributed by atoms with Crippen molar-refractivity contribution in [3.05, 3.63) is 58.6 Å². The third-order valence-electron chi connectivity index (χ3n) is 4.52. The van der Waals surface area contributed by atoms with Gasteiger partial charge in [-0.05, 0) is 36.2 Å². The van der Waals surface area contributed by atoms with Crippen molar-refractivity contribution in [2.45, 2.75) is 19.9 Å². The zero-order valence-corrected chi connectivity index (χ0v) is 15.5. The van der Waals surface area contributed by atoms with E-state index in [4.69, 9.17) is 16.3 Å². The minimum absolute atomic E-state index is 0.0405. The number of amides is 2. The molecule has 0 radical (unpaired) electrons. The van der Waals surface area contributed by atoms with E-state index in [9.17, 15) is 9.59 Å². The van der Waals surface area contributed by atoms with Gasteiger partial charge in [-0.25, -0.2) is 0 Å². The lowest BCUT2D eigenvalue weighted by molar-refractivity contribution is -0.128. The number of nitrogens with one attached hydrogen (secondary N) is 1. The number of methoxy groups -OCH3 is 1. The molecule has 0 aromatic heterocycles. The molecular weight excluding hydrogens is 352 g/mol. The summed E-state index contributed by atoms with van der Waals surface area (Å²) in [4.78, 5) is 26.6. The Kier molecular flexibility index (Phi) is 5.47. The monoisotopic (exact) mass is 372 g/mol. The number of halogens is 1. The second kappa shape index (κ2) is 7.79. The Balaban J connectivity index is 1.68. The maximum Gasteiger partial charge on any atom is 0.229 e. The van der Waals surface area contributed by atoms with E-state index in [0.29, 0.717) is 29.5 Å². The summed E-state index contributed by atoms with van der Waals surface area (Å²) in [6.45, 7) is 2.74. The van der Waals surface area contributed by atoms with Gasteiger partial charge in [0.2, 0.25) is 11.8 Å². The fourth-order valence-corrected chi connectivity index (χ4v) is 3.28. The van der Waals surface area contributed by atoms with Crippen LogP contribution in [0.5, 0.6) is 5.75 Å². The maximum atomic E-state index is 12.6. The number of ether oxygens (including phenoxy) is 1. The van der Waals surface area contributed by atoms with Gasteiger partial charge in [0.05, 0.1) is 18.7 Å². The fraction of sp³-hybridized carbons (Fsp3) is 0.300. The Morgan fingerprint density at radius 2 is 2.08 bits per heavy atom. The number of carbonyl (C=O) groups excluding carboxylic acids is 2. The summed E-state index contributed by atoms with van der Waals surface area (Å²) in [6, 6.07) is 13.0. The normalized spacial score (nSPS) is 16.7. The van der Waals surface area contributed by atoms with Crippen molar-refractivity contribution >= 4 is 29.1 Å². The van der Waals surface area contributed by atoms with E-state index < -0.39 is 5.92 Å². The van der Waals surface area contributed by atoms with E-state index in [0.717, 1.165) is 11.1 Å². The largest absolute Gasteiger partial charge is 0.495 e. The lowest BCUT2D eigenvalue weighted by Gasteiger charge is -2.18. The quantitative estimate of drug-likeness (QED) is 0.871. The molecule has 1 atom stereocenters. The number of benzene rings is 2. The minimum atomic E-state index is -0.393. The van der Waals surface area contributed by atoms with Gasteiger partial charge in [-0.3, -0.25) is 9.59 Å². The summed E-state index contributed by atoms with van der Waals surface area (Å²) in [5, 5.41) is 3.51. The molecule has 1 unspecified atom stereocenters. The number of likely N-dealkylation sites (tertiary alicyclic amines) is 1. The number of hydrogen-bond donors (Lipinski definition) is 1. The molecule has 1 heterocycles. The van der Waals surface area contributed by atoms with Gasteiger partial charge in [0.1, 0.15) is 5.75 Å². The van der Waals surface area contributed by atoms with Gasteiger partial charge in [-0.1, -0.05) is 35.9 Å². The molecule has 26 heavy (non-hydrogen) atoms. The summed E-state index contributed by atoms with van der Waals surface area (Å²) in [6.07, 6.45) is 0.199. The SMILES string of the molecule is COc1ccc(C)cc1NC(=O)C1CC(=O)N(Cc2ccccc2Cl)C1. The van der Waals surface area contributed by atoms with Crippen LogP contribution >= 0.6 is 11.6 Å². The van der Waals surface area contributed by atoms with Crippen LogP contribution in [0.1, 0.15) is 17.5 Å². The molecule has 6 heteroatoms. The van der Waals surface area contributed by atoms with E-state index in [1.54, 1.807) is 18.1 Å². The van der Waals surface area contributed by atoms with Gasteiger partial charge < -0.3 is 15.0 Å². The third kappa shape index (κ3) is 3.99. The number of anilines is 1. The van der Waals surface area contributed by atoms with E-state index in [1.807, 2.05) is 43.3 Å². The van der Waals surface area contributed by atoms with Crippen molar-refractivity contribution in [3.63, 3.8) is 0 Å². The number of rotatable bonds is 5. The first-order chi connectivity index (χ1) is 12.5. The predicted molar refractivity (Wildman–Crippen MR) is 101 cm³/mol. The molecule has 2 amide bonds. The van der Waals surface area contributed by atoms with Crippen LogP contribution in [-0.4, -0.2) is 30.4 Å². The highest BCUT2D eigenvalue weighted by Gasteiger charge is 2.34. The number of nitrogens with zero attached hydrogens (tertiary/aromatic N) is 1. The molecule has 1 N–H and O–H groups in total. The summed E-state index contributed by atoms with van der Waals surface area (Å²) in [5.41, 5.74) is 2.52. The molecule has 5 nitrogen and oxygen atoms in total. The minimum Gasteiger partial charge on any atom is -0.495 e. The van der Waals surface area contributed by atoms with Crippen LogP contribution in [0.15, 0.2) is 42.5 Å². The van der Waals surface area contributed by atoms with E-state index in [-0.39, 0.29) is 18.2 Å². The number of aryl methyl sites for hydroxylation is 1. The Labute approximate surface area is 157 Å². The van der Waals surface area contributed by atoms with Gasteiger partial charge in [0.15, 0.2) is 0 Å². The van der Waals surface area contributed by atoms with Gasteiger partial charge >= 0.3 is 0 Å². The summed E-state index contributed by atoms with van der Waals surface area (Å²) in [5.74, 6) is -0.0124. The van der Waals surface area contributed by atoms with E-state index in [2.05, 4.69) is 5.32 Å². The first-order valence-corrected chi connectivity index (χ1v) is 8.82. The van der Waals surface area contributed by atoms with Crippen molar-refractivity contribution in [1.82, 2.24) is 4.90 Å². The zero-order chi connectivity index (χ0) is 18.7. The van der Waals surface area contributed by atoms with Crippen LogP contribution in [0.4, 0.5) is 5.69 Å². The molecule has 1 saturated heterocycles. The van der Waals surface area contributed by atoms with Crippen molar-refractivity contribution in [2.75, 3.05) is 19.0 Å². The van der Waals surface area contributed by atoms with Crippen LogP contribution in [0, 0.1) is 12.8 Å². The fourth-order valence-electron chi connectivity index (χ4n) is 3.09. The van der Waals surface area contributed by atoms with Crippen molar-refractivity contribution in [1.29, 1.82) is 0 Å². The first kappa shape index (κ1) is 18.3. The van der Waals surface area contributed by atoms with Gasteiger partial charge in [0.25, 0.3) is 0 Å². The topological polar surface area (TPSA) is 58.6 Å². The molecule has 2 aromatic rings. The highest BCUT2D eigenvalue weighted by molar-refractivity contribution is 6.31. The molecule has 0 saturated carbocycles. The highest BCUT2D eigenvalue weighted by Crippen LogP contribution is 2.28. The molecule has 1 aliphatic rings. The highest BCUT2D eigenvalue weighted by atomic mass is 35.5. The summed E-state index contributed by atoms with van der Waals surface area (Å²) in [7, 11) is 1.56. The maximum absolute atomic E-state index is 12.6. The lowest BCUT2D eigenvalue weighted by atomic mass is 10.1. The smallest absolute Gasteiger partial charge is 0.229 e. The summed E-state index contributed by atoms with van der Waals surface area (Å²) >= 11 is 6.17. The van der Waals surface area contributed by atoms with Crippen molar-refractivity contribution in [2.24, 2.45) is 5.92 Å². The van der Waals surface area contributed by atoms with Crippen LogP contribution in [-0.2, 0) is 16.1 Å². The Hall–Kier alpha value is -2.53. The Morgan fingerprint density at radius 1 is 1.31 bits per heavy atom. The molecular formula is C20H21ClN2O3. The molecule has 2 aromatic carbocycles. The molecule has 3 rings (SSSR count). The third-order valence-corrected chi connectivity index (χ3v) is 4.89. The van der Waals surface area contributed by atoms with Gasteiger partial charge in [0, 0.05) is 24.5 Å². The number of carbonyl (C=O) groups is 2. The van der Waals surface area contributed by atoms with Crippen LogP contribution < -0.4 is 10.1 Å². The predicted octanol–water partition coefficient (Wildman–Crippen LogP) is 3.64. The zero-order valence-electron chi connectivity index (χ0n) is 14.8. The second-order valence-electron chi connectivity index (χ2n) is 6.46. The molecule has 0 bridgehead atoms. The standard InChI is InChI=1S/C20H21ClN2O3/c1-13-7-8-18(26-2)17(9-13)22-20(25)15-10-19(24)23(12-15)11-14-5-3-4-6-16(14)21/h3-9,15H,10-12H2,1-2H3,(H,22,25). The molecule has 0 aliphatic carbocycles. The lowest BCUT2D eigenvalue weighted by Crippen LogP contribution is -2.28. The second-order valence-corrected chi connectivity index (χ2v) is 6.87. The Bertz CT molecular complexity index is 838. The average molecular weight is 373 g/mol. The first-order valence-electron chi connectivity index (χ1n) is 8.44. The number of hydrogen-bond acceptors (Lipinski definition) is 3. The van der Waals surface area contributed by atoms with Gasteiger partial charge in [-0.2, -0.15) is 0 Å². The van der Waals surface area contributed by atoms with Crippen LogP contribution in [0.3, 0.4) is 0 Å². The summed E-state index contributed by atoms with van der Waals surface area (Å²) < 4.78 is 5.29. The van der Waals surface area contributed by atoms with Crippen LogP contribution in [0.2, 0.25) is 5.02 Å². The van der Waals surface area contributed by atoms with E-state index in [1.165, 1.54) is 0 Å². The molecule has 136 valence electrons.